The maximum absolute atomic E-state index is 14.4. The average molecular weight is 388 g/mol. The minimum atomic E-state index is -2.81. The maximum Gasteiger partial charge on any atom is 0.320 e. The lowest BCUT2D eigenvalue weighted by Gasteiger charge is -2.27. The molecule has 1 saturated carbocycles. The predicted octanol–water partition coefficient (Wildman–Crippen LogP) is 5.13. The number of halogens is 3. The number of imidazole rings is 1. The number of hydrogen-bond acceptors (Lipinski definition) is 3. The Balaban J connectivity index is 1.63. The van der Waals surface area contributed by atoms with Crippen molar-refractivity contribution < 1.29 is 22.7 Å². The number of carbonyl (C=O) groups is 1. The first-order valence-corrected chi connectivity index (χ1v) is 9.19. The van der Waals surface area contributed by atoms with E-state index in [9.17, 15) is 18.0 Å². The number of nitrogens with zero attached hydrogens (tertiary/aromatic N) is 2. The third kappa shape index (κ3) is 3.04. The summed E-state index contributed by atoms with van der Waals surface area (Å²) in [5, 5.41) is 0. The number of hydrogen-bond donors (Lipinski definition) is 0. The minimum absolute atomic E-state index is 0.0359. The average Bonchev–Trinajstić information content (AvgIpc) is 3.31. The van der Waals surface area contributed by atoms with E-state index in [1.165, 1.54) is 12.1 Å². The van der Waals surface area contributed by atoms with Gasteiger partial charge in [0.25, 0.3) is 0 Å². The summed E-state index contributed by atoms with van der Waals surface area (Å²) in [6.07, 6.45) is 2.49. The molecule has 3 aromatic rings. The fourth-order valence-electron chi connectivity index (χ4n) is 4.09. The Labute approximate surface area is 159 Å². The van der Waals surface area contributed by atoms with E-state index in [4.69, 9.17) is 4.74 Å². The Morgan fingerprint density at radius 1 is 1.11 bits per heavy atom. The molecule has 1 aliphatic carbocycles. The monoisotopic (exact) mass is 388 g/mol. The van der Waals surface area contributed by atoms with Gasteiger partial charge in [-0.2, -0.15) is 8.78 Å². The highest BCUT2D eigenvalue weighted by Crippen LogP contribution is 2.43. The summed E-state index contributed by atoms with van der Waals surface area (Å²) in [7, 11) is 0. The summed E-state index contributed by atoms with van der Waals surface area (Å²) >= 11 is 0. The molecule has 1 fully saturated rings. The van der Waals surface area contributed by atoms with E-state index >= 15 is 0 Å². The summed E-state index contributed by atoms with van der Waals surface area (Å²) in [5.74, 6) is -1.09. The highest BCUT2D eigenvalue weighted by atomic mass is 19.3. The van der Waals surface area contributed by atoms with Crippen molar-refractivity contribution in [3.63, 3.8) is 0 Å². The lowest BCUT2D eigenvalue weighted by Crippen LogP contribution is -2.35. The highest BCUT2D eigenvalue weighted by Gasteiger charge is 2.46. The Kier molecular flexibility index (Phi) is 4.83. The first-order valence-electron chi connectivity index (χ1n) is 9.19. The van der Waals surface area contributed by atoms with Crippen molar-refractivity contribution in [2.75, 3.05) is 0 Å². The second-order valence-electron chi connectivity index (χ2n) is 7.01. The minimum Gasteiger partial charge on any atom is -0.457 e. The van der Waals surface area contributed by atoms with Crippen LogP contribution in [0.3, 0.4) is 0 Å². The Hall–Kier alpha value is -2.83. The molecule has 0 unspecified atom stereocenters. The van der Waals surface area contributed by atoms with Crippen molar-refractivity contribution in [2.24, 2.45) is 0 Å². The molecule has 2 aromatic carbocycles. The molecule has 0 saturated heterocycles. The molecule has 1 aliphatic rings. The Bertz CT molecular complexity index is 1010. The maximum atomic E-state index is 14.4. The quantitative estimate of drug-likeness (QED) is 0.570. The molecular weight excluding hydrogens is 369 g/mol. The summed E-state index contributed by atoms with van der Waals surface area (Å²) in [4.78, 5) is 17.2. The standard InChI is InChI=1S/C21H19F3N2O2/c22-15-8-2-1-7-14(15)21(11-5-6-12-21)19(27)28-13-18-25-16-9-3-4-10-17(16)26(18)20(23)24/h1-4,7-10,20H,5-6,11-13H2. The van der Waals surface area contributed by atoms with Gasteiger partial charge in [0.05, 0.1) is 16.4 Å². The van der Waals surface area contributed by atoms with Crippen LogP contribution in [0.4, 0.5) is 13.2 Å². The van der Waals surface area contributed by atoms with Crippen LogP contribution >= 0.6 is 0 Å². The van der Waals surface area contributed by atoms with Crippen LogP contribution in [-0.4, -0.2) is 15.5 Å². The molecule has 28 heavy (non-hydrogen) atoms. The van der Waals surface area contributed by atoms with Crippen LogP contribution in [0.5, 0.6) is 0 Å². The number of rotatable bonds is 5. The van der Waals surface area contributed by atoms with E-state index in [0.717, 1.165) is 17.4 Å². The number of aromatic nitrogens is 2. The normalized spacial score (nSPS) is 16.0. The zero-order chi connectivity index (χ0) is 19.7. The van der Waals surface area contributed by atoms with Gasteiger partial charge in [-0.3, -0.25) is 9.36 Å². The smallest absolute Gasteiger partial charge is 0.320 e. The molecule has 0 bridgehead atoms. The lowest BCUT2D eigenvalue weighted by molar-refractivity contribution is -0.152. The first-order chi connectivity index (χ1) is 13.5. The van der Waals surface area contributed by atoms with Crippen molar-refractivity contribution in [3.8, 4) is 0 Å². The number of alkyl halides is 2. The first kappa shape index (κ1) is 18.5. The molecule has 0 spiro atoms. The van der Waals surface area contributed by atoms with Gasteiger partial charge in [0, 0.05) is 5.56 Å². The molecule has 146 valence electrons. The van der Waals surface area contributed by atoms with Gasteiger partial charge < -0.3 is 4.74 Å². The molecule has 0 amide bonds. The molecule has 4 rings (SSSR count). The van der Waals surface area contributed by atoms with E-state index in [1.54, 1.807) is 36.4 Å². The Morgan fingerprint density at radius 2 is 1.79 bits per heavy atom. The van der Waals surface area contributed by atoms with E-state index in [-0.39, 0.29) is 11.3 Å². The van der Waals surface area contributed by atoms with Gasteiger partial charge >= 0.3 is 12.5 Å². The van der Waals surface area contributed by atoms with Gasteiger partial charge in [-0.05, 0) is 31.0 Å². The molecular formula is C21H19F3N2O2. The van der Waals surface area contributed by atoms with Gasteiger partial charge in [-0.1, -0.05) is 43.2 Å². The van der Waals surface area contributed by atoms with E-state index in [1.807, 2.05) is 0 Å². The summed E-state index contributed by atoms with van der Waals surface area (Å²) < 4.78 is 47.7. The van der Waals surface area contributed by atoms with Gasteiger partial charge in [0.15, 0.2) is 5.82 Å². The van der Waals surface area contributed by atoms with Crippen molar-refractivity contribution in [1.82, 2.24) is 9.55 Å². The van der Waals surface area contributed by atoms with Gasteiger partial charge in [0.1, 0.15) is 12.4 Å². The van der Waals surface area contributed by atoms with Crippen LogP contribution in [0.15, 0.2) is 48.5 Å². The SMILES string of the molecule is O=C(OCc1nc2ccccc2n1C(F)F)C1(c2ccccc2F)CCCC1. The van der Waals surface area contributed by atoms with E-state index in [2.05, 4.69) is 4.98 Å². The van der Waals surface area contributed by atoms with Crippen molar-refractivity contribution >= 4 is 17.0 Å². The number of ether oxygens (including phenoxy) is 1. The number of para-hydroxylation sites is 2. The van der Waals surface area contributed by atoms with Crippen LogP contribution in [-0.2, 0) is 21.6 Å². The molecule has 1 aromatic heterocycles. The molecule has 0 aliphatic heterocycles. The van der Waals surface area contributed by atoms with Gasteiger partial charge in [-0.15, -0.1) is 0 Å². The van der Waals surface area contributed by atoms with Crippen molar-refractivity contribution in [2.45, 2.75) is 44.3 Å². The molecule has 0 radical (unpaired) electrons. The van der Waals surface area contributed by atoms with E-state index < -0.39 is 30.4 Å². The fraction of sp³-hybridized carbons (Fsp3) is 0.333. The summed E-state index contributed by atoms with van der Waals surface area (Å²) in [5.41, 5.74) is -0.0980. The topological polar surface area (TPSA) is 44.1 Å². The second-order valence-corrected chi connectivity index (χ2v) is 7.01. The Morgan fingerprint density at radius 3 is 2.50 bits per heavy atom. The predicted molar refractivity (Wildman–Crippen MR) is 97.3 cm³/mol. The zero-order valence-electron chi connectivity index (χ0n) is 15.1. The number of carbonyl (C=O) groups excluding carboxylic acids is 1. The molecule has 0 atom stereocenters. The fourth-order valence-corrected chi connectivity index (χ4v) is 4.09. The third-order valence-electron chi connectivity index (χ3n) is 5.43. The third-order valence-corrected chi connectivity index (χ3v) is 5.43. The zero-order valence-corrected chi connectivity index (χ0v) is 15.1. The second kappa shape index (κ2) is 7.30. The number of benzene rings is 2. The van der Waals surface area contributed by atoms with Crippen LogP contribution in [0.25, 0.3) is 11.0 Å². The molecule has 1 heterocycles. The number of esters is 1. The molecule has 4 nitrogen and oxygen atoms in total. The van der Waals surface area contributed by atoms with Gasteiger partial charge in [0.2, 0.25) is 0 Å². The highest BCUT2D eigenvalue weighted by molar-refractivity contribution is 5.84. The van der Waals surface area contributed by atoms with E-state index in [0.29, 0.717) is 23.9 Å². The van der Waals surface area contributed by atoms with Crippen LogP contribution in [0, 0.1) is 5.82 Å². The van der Waals surface area contributed by atoms with Crippen LogP contribution in [0.2, 0.25) is 0 Å². The van der Waals surface area contributed by atoms with Gasteiger partial charge in [-0.25, -0.2) is 9.37 Å². The molecule has 0 N–H and O–H groups in total. The van der Waals surface area contributed by atoms with Crippen LogP contribution < -0.4 is 0 Å². The van der Waals surface area contributed by atoms with Crippen LogP contribution in [0.1, 0.15) is 43.6 Å². The number of fused-ring (bicyclic) bond motifs is 1. The largest absolute Gasteiger partial charge is 0.457 e. The summed E-state index contributed by atoms with van der Waals surface area (Å²) in [6, 6.07) is 12.7. The van der Waals surface area contributed by atoms with Crippen molar-refractivity contribution in [3.05, 3.63) is 65.7 Å². The summed E-state index contributed by atoms with van der Waals surface area (Å²) in [6.45, 7) is -3.21. The lowest BCUT2D eigenvalue weighted by atomic mass is 9.78. The van der Waals surface area contributed by atoms with Crippen molar-refractivity contribution in [1.29, 1.82) is 0 Å². The molecule has 7 heteroatoms.